The van der Waals surface area contributed by atoms with Crippen LogP contribution >= 0.6 is 11.3 Å². The predicted molar refractivity (Wildman–Crippen MR) is 239 cm³/mol. The minimum Gasteiger partial charge on any atom is -0.309 e. The Hall–Kier alpha value is -7.21. The molecule has 0 radical (unpaired) electrons. The van der Waals surface area contributed by atoms with Crippen LogP contribution in [0.5, 0.6) is 0 Å². The fourth-order valence-corrected chi connectivity index (χ4v) is 9.31. The Kier molecular flexibility index (Phi) is 7.86. The highest BCUT2D eigenvalue weighted by Crippen LogP contribution is 2.41. The second-order valence-electron chi connectivity index (χ2n) is 14.5. The Balaban J connectivity index is 1.18. The third-order valence-electron chi connectivity index (χ3n) is 10.9. The van der Waals surface area contributed by atoms with Crippen LogP contribution < -0.4 is 0 Å². The highest BCUT2D eigenvalue weighted by atomic mass is 32.1. The largest absolute Gasteiger partial charge is 0.309 e. The second-order valence-corrected chi connectivity index (χ2v) is 15.6. The van der Waals surface area contributed by atoms with Gasteiger partial charge in [0.25, 0.3) is 0 Å². The van der Waals surface area contributed by atoms with Crippen molar-refractivity contribution < 1.29 is 0 Å². The van der Waals surface area contributed by atoms with Gasteiger partial charge in [-0.3, -0.25) is 0 Å². The highest BCUT2D eigenvalue weighted by molar-refractivity contribution is 7.25. The first-order valence-corrected chi connectivity index (χ1v) is 20.0. The molecule has 8 aromatic carbocycles. The number of aryl methyl sites for hydroxylation is 1. The molecule has 0 unspecified atom stereocenters. The van der Waals surface area contributed by atoms with E-state index in [9.17, 15) is 0 Å². The lowest BCUT2D eigenvalue weighted by molar-refractivity contribution is 1.06. The average Bonchev–Trinajstić information content (AvgIpc) is 3.81. The normalized spacial score (nSPS) is 11.6. The molecule has 0 amide bonds. The summed E-state index contributed by atoms with van der Waals surface area (Å²) in [7, 11) is 0. The molecule has 0 fully saturated rings. The standard InChI is InChI=1S/C52H34N4S/c1-33-13-12-18-36(29-33)37-24-27-46-43(30-37)40-19-8-10-21-45(40)56(46)47-28-25-38(39-23-26-42-41-20-9-11-22-48(41)57-49(42)32-39)31-44(47)52-54-50(34-14-4-2-5-15-34)53-51(55-52)35-16-6-3-7-17-35/h2-32H,1H3. The number of rotatable bonds is 6. The minimum absolute atomic E-state index is 0.616. The van der Waals surface area contributed by atoms with Gasteiger partial charge in [-0.05, 0) is 71.6 Å². The zero-order chi connectivity index (χ0) is 37.9. The van der Waals surface area contributed by atoms with E-state index < -0.39 is 0 Å². The van der Waals surface area contributed by atoms with Crippen LogP contribution in [0.4, 0.5) is 0 Å². The molecule has 0 atom stereocenters. The van der Waals surface area contributed by atoms with Crippen molar-refractivity contribution >= 4 is 53.3 Å². The molecule has 0 saturated heterocycles. The molecule has 3 aromatic heterocycles. The first-order valence-electron chi connectivity index (χ1n) is 19.2. The molecule has 0 aliphatic rings. The predicted octanol–water partition coefficient (Wildman–Crippen LogP) is 14.0. The number of aromatic nitrogens is 4. The smallest absolute Gasteiger partial charge is 0.166 e. The number of para-hydroxylation sites is 1. The van der Waals surface area contributed by atoms with Gasteiger partial charge in [0.1, 0.15) is 0 Å². The van der Waals surface area contributed by atoms with Crippen LogP contribution in [0.15, 0.2) is 188 Å². The van der Waals surface area contributed by atoms with Crippen molar-refractivity contribution in [3.05, 3.63) is 194 Å². The summed E-state index contributed by atoms with van der Waals surface area (Å²) in [6, 6.07) is 66.9. The number of fused-ring (bicyclic) bond motifs is 6. The maximum Gasteiger partial charge on any atom is 0.166 e. The van der Waals surface area contributed by atoms with Gasteiger partial charge in [-0.25, -0.2) is 15.0 Å². The number of thiophene rings is 1. The van der Waals surface area contributed by atoms with Gasteiger partial charge in [0, 0.05) is 47.6 Å². The Morgan fingerprint density at radius 2 is 0.930 bits per heavy atom. The summed E-state index contributed by atoms with van der Waals surface area (Å²) in [6.07, 6.45) is 0. The third kappa shape index (κ3) is 5.79. The van der Waals surface area contributed by atoms with Crippen molar-refractivity contribution in [2.75, 3.05) is 0 Å². The maximum absolute atomic E-state index is 5.27. The number of hydrogen-bond acceptors (Lipinski definition) is 4. The summed E-state index contributed by atoms with van der Waals surface area (Å²) < 4.78 is 4.95. The molecule has 0 bridgehead atoms. The van der Waals surface area contributed by atoms with E-state index in [1.807, 2.05) is 47.7 Å². The van der Waals surface area contributed by atoms with Crippen molar-refractivity contribution in [2.24, 2.45) is 0 Å². The second kappa shape index (κ2) is 13.5. The molecule has 5 heteroatoms. The van der Waals surface area contributed by atoms with Gasteiger partial charge in [0.05, 0.1) is 16.7 Å². The zero-order valence-corrected chi connectivity index (χ0v) is 31.9. The van der Waals surface area contributed by atoms with E-state index in [2.05, 4.69) is 163 Å². The van der Waals surface area contributed by atoms with Gasteiger partial charge >= 0.3 is 0 Å². The number of nitrogens with zero attached hydrogens (tertiary/aromatic N) is 4. The quantitative estimate of drug-likeness (QED) is 0.170. The molecular formula is C52H34N4S. The lowest BCUT2D eigenvalue weighted by Gasteiger charge is -2.16. The molecular weight excluding hydrogens is 713 g/mol. The van der Waals surface area contributed by atoms with Crippen molar-refractivity contribution in [3.8, 4) is 62.1 Å². The number of benzene rings is 8. The molecule has 268 valence electrons. The Labute approximate surface area is 334 Å². The van der Waals surface area contributed by atoms with Gasteiger partial charge < -0.3 is 4.57 Å². The molecule has 0 aliphatic heterocycles. The van der Waals surface area contributed by atoms with E-state index in [0.717, 1.165) is 44.5 Å². The van der Waals surface area contributed by atoms with Gasteiger partial charge in [0.15, 0.2) is 17.5 Å². The lowest BCUT2D eigenvalue weighted by atomic mass is 9.99. The van der Waals surface area contributed by atoms with E-state index in [1.165, 1.54) is 47.6 Å². The molecule has 0 saturated carbocycles. The summed E-state index contributed by atoms with van der Waals surface area (Å²) in [5.74, 6) is 1.88. The fraction of sp³-hybridized carbons (Fsp3) is 0.0192. The van der Waals surface area contributed by atoms with Crippen LogP contribution in [0, 0.1) is 6.92 Å². The molecule has 0 aliphatic carbocycles. The Morgan fingerprint density at radius 3 is 1.70 bits per heavy atom. The average molecular weight is 747 g/mol. The molecule has 57 heavy (non-hydrogen) atoms. The Morgan fingerprint density at radius 1 is 0.368 bits per heavy atom. The van der Waals surface area contributed by atoms with E-state index in [0.29, 0.717) is 17.5 Å². The monoisotopic (exact) mass is 746 g/mol. The molecule has 3 heterocycles. The summed E-state index contributed by atoms with van der Waals surface area (Å²) in [6.45, 7) is 2.15. The van der Waals surface area contributed by atoms with Gasteiger partial charge in [-0.2, -0.15) is 0 Å². The van der Waals surface area contributed by atoms with Crippen LogP contribution in [0.2, 0.25) is 0 Å². The zero-order valence-electron chi connectivity index (χ0n) is 31.1. The van der Waals surface area contributed by atoms with Crippen molar-refractivity contribution in [1.29, 1.82) is 0 Å². The van der Waals surface area contributed by atoms with Crippen LogP contribution in [0.25, 0.3) is 104 Å². The Bertz CT molecular complexity index is 3250. The van der Waals surface area contributed by atoms with Crippen molar-refractivity contribution in [3.63, 3.8) is 0 Å². The molecule has 0 spiro atoms. The van der Waals surface area contributed by atoms with Crippen molar-refractivity contribution in [1.82, 2.24) is 19.5 Å². The molecule has 11 aromatic rings. The van der Waals surface area contributed by atoms with Crippen LogP contribution in [-0.2, 0) is 0 Å². The van der Waals surface area contributed by atoms with Gasteiger partial charge in [-0.15, -0.1) is 11.3 Å². The molecule has 0 N–H and O–H groups in total. The van der Waals surface area contributed by atoms with E-state index in [-0.39, 0.29) is 0 Å². The molecule has 11 rings (SSSR count). The highest BCUT2D eigenvalue weighted by Gasteiger charge is 2.21. The van der Waals surface area contributed by atoms with E-state index in [1.54, 1.807) is 0 Å². The van der Waals surface area contributed by atoms with Gasteiger partial charge in [0.2, 0.25) is 0 Å². The van der Waals surface area contributed by atoms with E-state index in [4.69, 9.17) is 15.0 Å². The maximum atomic E-state index is 5.27. The summed E-state index contributed by atoms with van der Waals surface area (Å²) in [5, 5.41) is 4.96. The van der Waals surface area contributed by atoms with Crippen LogP contribution in [-0.4, -0.2) is 19.5 Å². The number of hydrogen-bond donors (Lipinski definition) is 0. The first-order chi connectivity index (χ1) is 28.1. The van der Waals surface area contributed by atoms with Crippen LogP contribution in [0.3, 0.4) is 0 Å². The summed E-state index contributed by atoms with van der Waals surface area (Å²) >= 11 is 1.84. The summed E-state index contributed by atoms with van der Waals surface area (Å²) in [4.78, 5) is 15.6. The van der Waals surface area contributed by atoms with Crippen molar-refractivity contribution in [2.45, 2.75) is 6.92 Å². The minimum atomic E-state index is 0.616. The van der Waals surface area contributed by atoms with Crippen LogP contribution in [0.1, 0.15) is 5.56 Å². The lowest BCUT2D eigenvalue weighted by Crippen LogP contribution is -2.04. The third-order valence-corrected chi connectivity index (χ3v) is 12.0. The fourth-order valence-electron chi connectivity index (χ4n) is 8.16. The summed E-state index contributed by atoms with van der Waals surface area (Å²) in [5.41, 5.74) is 11.9. The SMILES string of the molecule is Cc1cccc(-c2ccc3c(c2)c2ccccc2n3-c2ccc(-c3ccc4c(c3)sc3ccccc34)cc2-c2nc(-c3ccccc3)nc(-c3ccccc3)n2)c1. The molecule has 4 nitrogen and oxygen atoms in total. The van der Waals surface area contributed by atoms with E-state index >= 15 is 0 Å². The first kappa shape index (κ1) is 33.2. The van der Waals surface area contributed by atoms with Gasteiger partial charge in [-0.1, -0.05) is 151 Å². The topological polar surface area (TPSA) is 43.6 Å².